The summed E-state index contributed by atoms with van der Waals surface area (Å²) in [5.41, 5.74) is 6.04. The van der Waals surface area contributed by atoms with Crippen LogP contribution in [0.1, 0.15) is 9.60 Å². The van der Waals surface area contributed by atoms with Crippen molar-refractivity contribution in [3.8, 4) is 22.5 Å². The molecule has 6 aromatic carbocycles. The van der Waals surface area contributed by atoms with Crippen LogP contribution in [0.15, 0.2) is 145 Å². The minimum atomic E-state index is -0.268. The zero-order valence-electron chi connectivity index (χ0n) is 27.2. The van der Waals surface area contributed by atoms with Crippen molar-refractivity contribution in [2.45, 2.75) is 0 Å². The molecule has 8 aromatic rings. The zero-order valence-corrected chi connectivity index (χ0v) is 20.2. The Morgan fingerprint density at radius 2 is 1.11 bits per heavy atom. The Morgan fingerprint density at radius 3 is 1.92 bits per heavy atom. The average molecular weight is 492 g/mol. The van der Waals surface area contributed by atoms with E-state index >= 15 is 0 Å². The van der Waals surface area contributed by atoms with E-state index in [0.717, 1.165) is 49.6 Å². The molecule has 2 nitrogen and oxygen atoms in total. The molecular weight excluding hydrogens is 460 g/mol. The zero-order chi connectivity index (χ0) is 31.1. The summed E-state index contributed by atoms with van der Waals surface area (Å²) in [6.45, 7) is 0. The van der Waals surface area contributed by atoms with Crippen LogP contribution in [0, 0.1) is 0 Å². The summed E-state index contributed by atoms with van der Waals surface area (Å²) < 4.78 is 63.2. The van der Waals surface area contributed by atoms with Crippen LogP contribution in [0.2, 0.25) is 0 Å². The standard InChI is InChI=1S/C36H24N2/c1-2-11-25(12-3-1)26-21-23-27(24-22-26)37-33-18-9-6-15-30(33)36-34(37)19-10-20-35(36)38-31-16-7-4-13-28(31)29-14-5-8-17-32(29)38/h1-24H/i1D,4D,7D,11D,12D,13D,16D. The second kappa shape index (κ2) is 8.22. The van der Waals surface area contributed by atoms with Crippen molar-refractivity contribution in [2.24, 2.45) is 0 Å². The minimum Gasteiger partial charge on any atom is -0.309 e. The molecule has 2 aromatic heterocycles. The number of benzene rings is 6. The second-order valence-electron chi connectivity index (χ2n) is 9.27. The quantitative estimate of drug-likeness (QED) is 0.233. The van der Waals surface area contributed by atoms with Crippen molar-refractivity contribution >= 4 is 43.6 Å². The molecule has 0 radical (unpaired) electrons. The molecule has 0 N–H and O–H groups in total. The van der Waals surface area contributed by atoms with E-state index in [9.17, 15) is 0 Å². The van der Waals surface area contributed by atoms with Gasteiger partial charge < -0.3 is 9.13 Å². The predicted molar refractivity (Wildman–Crippen MR) is 161 cm³/mol. The largest absolute Gasteiger partial charge is 0.309 e. The predicted octanol–water partition coefficient (Wildman–Crippen LogP) is 9.55. The number of hydrogen-bond donors (Lipinski definition) is 0. The summed E-state index contributed by atoms with van der Waals surface area (Å²) in [5.74, 6) is 0. The lowest BCUT2D eigenvalue weighted by Crippen LogP contribution is -1.96. The molecule has 0 spiro atoms. The molecule has 0 atom stereocenters. The van der Waals surface area contributed by atoms with Gasteiger partial charge in [-0.2, -0.15) is 0 Å². The van der Waals surface area contributed by atoms with Crippen molar-refractivity contribution < 1.29 is 9.60 Å². The summed E-state index contributed by atoms with van der Waals surface area (Å²) >= 11 is 0. The SMILES string of the molecule is [2H]c1cc([2H])c(-c2ccc(-n3c4ccccc4c4c(-n5c6ccccc6c6c([2H])c([2H])c([2H])c([2H])c65)cccc43)cc2)c([2H])c1. The molecule has 0 bridgehead atoms. The molecule has 0 aliphatic carbocycles. The Labute approximate surface area is 230 Å². The topological polar surface area (TPSA) is 9.86 Å². The maximum Gasteiger partial charge on any atom is 0.0645 e. The first-order chi connectivity index (χ1) is 21.8. The van der Waals surface area contributed by atoms with Crippen LogP contribution in [0.3, 0.4) is 0 Å². The van der Waals surface area contributed by atoms with Crippen LogP contribution in [0.5, 0.6) is 0 Å². The molecule has 0 unspecified atom stereocenters. The van der Waals surface area contributed by atoms with Crippen molar-refractivity contribution in [3.05, 3.63) is 145 Å². The second-order valence-corrected chi connectivity index (χ2v) is 9.27. The molecule has 0 aliphatic heterocycles. The molecular formula is C36H24N2. The van der Waals surface area contributed by atoms with Gasteiger partial charge in [0.05, 0.1) is 37.3 Å². The van der Waals surface area contributed by atoms with E-state index in [4.69, 9.17) is 9.60 Å². The van der Waals surface area contributed by atoms with E-state index in [-0.39, 0.29) is 42.3 Å². The molecule has 2 heteroatoms. The lowest BCUT2D eigenvalue weighted by Gasteiger charge is -2.12. The maximum atomic E-state index is 8.94. The first-order valence-electron chi connectivity index (χ1n) is 16.0. The van der Waals surface area contributed by atoms with E-state index in [1.54, 1.807) is 0 Å². The van der Waals surface area contributed by atoms with Crippen LogP contribution in [0.4, 0.5) is 0 Å². The maximum absolute atomic E-state index is 8.94. The van der Waals surface area contributed by atoms with Gasteiger partial charge in [-0.15, -0.1) is 0 Å². The average Bonchev–Trinajstić information content (AvgIpc) is 3.56. The Bertz CT molecular complexity index is 2490. The van der Waals surface area contributed by atoms with Crippen molar-refractivity contribution in [2.75, 3.05) is 0 Å². The Balaban J connectivity index is 1.43. The van der Waals surface area contributed by atoms with Gasteiger partial charge in [0, 0.05) is 27.2 Å². The molecule has 0 saturated carbocycles. The van der Waals surface area contributed by atoms with Crippen LogP contribution in [0.25, 0.3) is 66.1 Å². The fraction of sp³-hybridized carbons (Fsp3) is 0. The van der Waals surface area contributed by atoms with E-state index in [2.05, 4.69) is 16.7 Å². The van der Waals surface area contributed by atoms with Crippen molar-refractivity contribution in [3.63, 3.8) is 0 Å². The Hall–Kier alpha value is -5.08. The fourth-order valence-corrected chi connectivity index (χ4v) is 5.64. The van der Waals surface area contributed by atoms with Gasteiger partial charge in [0.1, 0.15) is 0 Å². The van der Waals surface area contributed by atoms with Crippen LogP contribution >= 0.6 is 0 Å². The summed E-state index contributed by atoms with van der Waals surface area (Å²) in [6.07, 6.45) is 0. The third-order valence-electron chi connectivity index (χ3n) is 7.24. The number of aromatic nitrogens is 2. The molecule has 0 amide bonds. The van der Waals surface area contributed by atoms with E-state index in [0.29, 0.717) is 16.5 Å². The van der Waals surface area contributed by atoms with Crippen LogP contribution in [-0.2, 0) is 0 Å². The van der Waals surface area contributed by atoms with E-state index < -0.39 is 0 Å². The number of rotatable bonds is 3. The third kappa shape index (κ3) is 3.01. The van der Waals surface area contributed by atoms with Gasteiger partial charge in [-0.05, 0) is 53.6 Å². The first kappa shape index (κ1) is 15.2. The van der Waals surface area contributed by atoms with Crippen molar-refractivity contribution in [1.82, 2.24) is 9.13 Å². The highest BCUT2D eigenvalue weighted by Crippen LogP contribution is 2.39. The first-order valence-corrected chi connectivity index (χ1v) is 12.5. The molecule has 2 heterocycles. The molecule has 178 valence electrons. The third-order valence-corrected chi connectivity index (χ3v) is 7.24. The van der Waals surface area contributed by atoms with E-state index in [1.165, 1.54) is 12.1 Å². The monoisotopic (exact) mass is 491 g/mol. The number of hydrogen-bond acceptors (Lipinski definition) is 0. The van der Waals surface area contributed by atoms with Gasteiger partial charge in [-0.25, -0.2) is 0 Å². The minimum absolute atomic E-state index is 0.0558. The summed E-state index contributed by atoms with van der Waals surface area (Å²) in [6, 6.07) is 32.2. The number of fused-ring (bicyclic) bond motifs is 6. The van der Waals surface area contributed by atoms with Gasteiger partial charge >= 0.3 is 0 Å². The molecule has 8 rings (SSSR count). The van der Waals surface area contributed by atoms with E-state index in [1.807, 2.05) is 83.4 Å². The highest BCUT2D eigenvalue weighted by atomic mass is 15.0. The smallest absolute Gasteiger partial charge is 0.0645 e. The van der Waals surface area contributed by atoms with Gasteiger partial charge in [0.25, 0.3) is 0 Å². The summed E-state index contributed by atoms with van der Waals surface area (Å²) in [7, 11) is 0. The lowest BCUT2D eigenvalue weighted by atomic mass is 10.1. The Kier molecular flexibility index (Phi) is 3.30. The molecule has 0 fully saturated rings. The van der Waals surface area contributed by atoms with Gasteiger partial charge in [-0.3, -0.25) is 0 Å². The van der Waals surface area contributed by atoms with Crippen LogP contribution < -0.4 is 0 Å². The van der Waals surface area contributed by atoms with Gasteiger partial charge in [-0.1, -0.05) is 103 Å². The van der Waals surface area contributed by atoms with Gasteiger partial charge in [0.2, 0.25) is 0 Å². The molecule has 0 saturated heterocycles. The number of nitrogens with zero attached hydrogens (tertiary/aromatic N) is 2. The highest BCUT2D eigenvalue weighted by Gasteiger charge is 2.19. The van der Waals surface area contributed by atoms with Gasteiger partial charge in [0.15, 0.2) is 0 Å². The summed E-state index contributed by atoms with van der Waals surface area (Å²) in [5, 5.41) is 3.19. The van der Waals surface area contributed by atoms with Crippen LogP contribution in [-0.4, -0.2) is 9.13 Å². The molecule has 38 heavy (non-hydrogen) atoms. The lowest BCUT2D eigenvalue weighted by molar-refractivity contribution is 1.17. The highest BCUT2D eigenvalue weighted by molar-refractivity contribution is 6.16. The summed E-state index contributed by atoms with van der Waals surface area (Å²) in [4.78, 5) is 0. The Morgan fingerprint density at radius 1 is 0.421 bits per heavy atom. The molecule has 0 aliphatic rings. The normalized spacial score (nSPS) is 14.3. The fourth-order valence-electron chi connectivity index (χ4n) is 5.64. The number of para-hydroxylation sites is 3. The van der Waals surface area contributed by atoms with Crippen molar-refractivity contribution in [1.29, 1.82) is 0 Å².